The molecule has 2 heterocycles. The normalized spacial score (nSPS) is 18.7. The maximum Gasteiger partial charge on any atom is 0.251 e. The number of hydrogen-bond acceptors (Lipinski definition) is 5. The van der Waals surface area contributed by atoms with Gasteiger partial charge >= 0.3 is 0 Å². The lowest BCUT2D eigenvalue weighted by molar-refractivity contribution is 0.0799. The van der Waals surface area contributed by atoms with E-state index in [1.165, 1.54) is 30.2 Å². The molecule has 1 amide bonds. The quantitative estimate of drug-likeness (QED) is 0.325. The summed E-state index contributed by atoms with van der Waals surface area (Å²) in [5, 5.41) is 19.5. The summed E-state index contributed by atoms with van der Waals surface area (Å²) in [6, 6.07) is 13.8. The average Bonchev–Trinajstić information content (AvgIpc) is 3.20. The van der Waals surface area contributed by atoms with Crippen molar-refractivity contribution in [1.82, 2.24) is 15.2 Å². The number of carbonyl (C=O) groups excluding carboxylic acids is 1. The van der Waals surface area contributed by atoms with Crippen LogP contribution in [0.15, 0.2) is 48.7 Å². The van der Waals surface area contributed by atoms with Gasteiger partial charge in [0.05, 0.1) is 23.3 Å². The number of benzene rings is 2. The fraction of sp³-hybridized carbons (Fsp3) is 0.516. The van der Waals surface area contributed by atoms with Crippen molar-refractivity contribution in [2.75, 3.05) is 23.7 Å². The molecule has 0 saturated heterocycles. The summed E-state index contributed by atoms with van der Waals surface area (Å²) in [5.74, 6) is 0.882. The SMILES string of the molecule is CCn1cc2c3c(cc(C(=O)N[C@@H](Cc4ccccc4)[C@H](O)CNC4(C)CCCCC4)cc31)N(C)SCC2. The first-order chi connectivity index (χ1) is 18.4. The van der Waals surface area contributed by atoms with Crippen LogP contribution in [-0.2, 0) is 19.4 Å². The van der Waals surface area contributed by atoms with E-state index in [-0.39, 0.29) is 11.4 Å². The summed E-state index contributed by atoms with van der Waals surface area (Å²) in [6.45, 7) is 5.72. The van der Waals surface area contributed by atoms with E-state index in [1.54, 1.807) is 11.9 Å². The lowest BCUT2D eigenvalue weighted by atomic mass is 9.83. The number of aliphatic hydroxyl groups is 1. The van der Waals surface area contributed by atoms with Gasteiger partial charge in [0.25, 0.3) is 5.91 Å². The van der Waals surface area contributed by atoms with Crippen LogP contribution >= 0.6 is 11.9 Å². The first kappa shape index (κ1) is 27.1. The smallest absolute Gasteiger partial charge is 0.251 e. The van der Waals surface area contributed by atoms with Crippen LogP contribution in [0.25, 0.3) is 10.9 Å². The molecule has 2 atom stereocenters. The summed E-state index contributed by atoms with van der Waals surface area (Å²) >= 11 is 1.79. The molecule has 2 aromatic carbocycles. The van der Waals surface area contributed by atoms with Gasteiger partial charge in [-0.25, -0.2) is 0 Å². The van der Waals surface area contributed by atoms with Crippen LogP contribution in [-0.4, -0.2) is 52.6 Å². The number of anilines is 1. The number of aryl methyl sites for hydroxylation is 2. The molecule has 1 aromatic heterocycles. The fourth-order valence-corrected chi connectivity index (χ4v) is 6.96. The van der Waals surface area contributed by atoms with Gasteiger partial charge in [-0.1, -0.05) is 49.6 Å². The van der Waals surface area contributed by atoms with Crippen LogP contribution in [0.2, 0.25) is 0 Å². The first-order valence-electron chi connectivity index (χ1n) is 14.2. The van der Waals surface area contributed by atoms with Crippen molar-refractivity contribution in [3.05, 3.63) is 65.4 Å². The molecule has 5 rings (SSSR count). The fourth-order valence-electron chi connectivity index (χ4n) is 6.09. The average molecular weight is 535 g/mol. The Bertz CT molecular complexity index is 1250. The molecule has 38 heavy (non-hydrogen) atoms. The van der Waals surface area contributed by atoms with Crippen LogP contribution in [0.5, 0.6) is 0 Å². The van der Waals surface area contributed by atoms with Crippen LogP contribution in [0.4, 0.5) is 5.69 Å². The Morgan fingerprint density at radius 2 is 1.92 bits per heavy atom. The minimum Gasteiger partial charge on any atom is -0.390 e. The van der Waals surface area contributed by atoms with Crippen molar-refractivity contribution in [2.24, 2.45) is 0 Å². The molecular weight excluding hydrogens is 492 g/mol. The third-order valence-corrected chi connectivity index (χ3v) is 9.38. The summed E-state index contributed by atoms with van der Waals surface area (Å²) in [4.78, 5) is 13.8. The first-order valence-corrected chi connectivity index (χ1v) is 15.1. The van der Waals surface area contributed by atoms with Gasteiger partial charge in [-0.3, -0.25) is 4.79 Å². The predicted octanol–water partition coefficient (Wildman–Crippen LogP) is 5.32. The second kappa shape index (κ2) is 11.7. The van der Waals surface area contributed by atoms with Crippen molar-refractivity contribution >= 4 is 34.4 Å². The van der Waals surface area contributed by atoms with Crippen LogP contribution < -0.4 is 14.9 Å². The summed E-state index contributed by atoms with van der Waals surface area (Å²) in [6.07, 6.45) is 9.13. The highest BCUT2D eigenvalue weighted by atomic mass is 32.2. The monoisotopic (exact) mass is 534 g/mol. The third-order valence-electron chi connectivity index (χ3n) is 8.41. The molecule has 1 saturated carbocycles. The highest BCUT2D eigenvalue weighted by Gasteiger charge is 2.30. The number of amides is 1. The Morgan fingerprint density at radius 3 is 2.66 bits per heavy atom. The van der Waals surface area contributed by atoms with Gasteiger partial charge in [-0.15, -0.1) is 0 Å². The minimum atomic E-state index is -0.701. The minimum absolute atomic E-state index is 0.0538. The summed E-state index contributed by atoms with van der Waals surface area (Å²) in [5.41, 5.74) is 5.33. The van der Waals surface area contributed by atoms with E-state index in [0.29, 0.717) is 18.5 Å². The number of aromatic nitrogens is 1. The molecular formula is C31H42N4O2S. The topological polar surface area (TPSA) is 69.5 Å². The molecule has 0 unspecified atom stereocenters. The number of aliphatic hydroxyl groups excluding tert-OH is 1. The zero-order chi connectivity index (χ0) is 26.7. The standard InChI is InChI=1S/C31H42N4O2S/c1-4-35-21-23-13-16-38-34(3)26-18-24(19-27(35)29(23)26)30(37)33-25(17-22-11-7-5-8-12-22)28(36)20-32-31(2)14-9-6-10-15-31/h5,7-8,11-12,18-19,21,25,28,32,36H,4,6,9-10,13-17,20H2,1-3H3,(H,33,37)/t25-,28+/m0/s1. The molecule has 3 N–H and O–H groups in total. The van der Waals surface area contributed by atoms with E-state index in [1.807, 2.05) is 30.3 Å². The molecule has 0 spiro atoms. The molecule has 7 heteroatoms. The van der Waals surface area contributed by atoms with Crippen LogP contribution in [0.3, 0.4) is 0 Å². The maximum atomic E-state index is 13.8. The van der Waals surface area contributed by atoms with Gasteiger partial charge in [0.15, 0.2) is 0 Å². The Kier molecular flexibility index (Phi) is 8.36. The van der Waals surface area contributed by atoms with Gasteiger partial charge < -0.3 is 24.6 Å². The third kappa shape index (κ3) is 5.90. The number of β-amino-alcohol motifs (C(OH)–C–C–N with tert-alkyl or cyclic N) is 1. The number of rotatable bonds is 9. The zero-order valence-corrected chi connectivity index (χ0v) is 23.8. The second-order valence-electron chi connectivity index (χ2n) is 11.2. The highest BCUT2D eigenvalue weighted by Crippen LogP contribution is 2.38. The lowest BCUT2D eigenvalue weighted by Crippen LogP contribution is -2.53. The van der Waals surface area contributed by atoms with Gasteiger partial charge in [0.2, 0.25) is 0 Å². The van der Waals surface area contributed by atoms with Gasteiger partial charge in [0.1, 0.15) is 0 Å². The highest BCUT2D eigenvalue weighted by molar-refractivity contribution is 8.00. The molecule has 1 fully saturated rings. The Balaban J connectivity index is 1.40. The van der Waals surface area contributed by atoms with E-state index in [2.05, 4.69) is 58.7 Å². The van der Waals surface area contributed by atoms with Gasteiger partial charge in [-0.2, -0.15) is 0 Å². The predicted molar refractivity (Wildman–Crippen MR) is 159 cm³/mol. The Labute approximate surface area is 231 Å². The number of nitrogens with zero attached hydrogens (tertiary/aromatic N) is 2. The Morgan fingerprint density at radius 1 is 1.16 bits per heavy atom. The summed E-state index contributed by atoms with van der Waals surface area (Å²) < 4.78 is 4.44. The number of nitrogens with one attached hydrogen (secondary N) is 2. The Hall–Kier alpha value is -2.48. The van der Waals surface area contributed by atoms with E-state index in [0.717, 1.165) is 48.3 Å². The lowest BCUT2D eigenvalue weighted by Gasteiger charge is -2.36. The van der Waals surface area contributed by atoms with E-state index in [9.17, 15) is 9.90 Å². The van der Waals surface area contributed by atoms with E-state index in [4.69, 9.17) is 0 Å². The van der Waals surface area contributed by atoms with Crippen LogP contribution in [0, 0.1) is 0 Å². The zero-order valence-electron chi connectivity index (χ0n) is 23.0. The molecule has 204 valence electrons. The van der Waals surface area contributed by atoms with E-state index < -0.39 is 12.1 Å². The van der Waals surface area contributed by atoms with Crippen molar-refractivity contribution < 1.29 is 9.90 Å². The molecule has 3 aromatic rings. The molecule has 1 aliphatic carbocycles. The number of hydrogen-bond donors (Lipinski definition) is 3. The van der Waals surface area contributed by atoms with Gasteiger partial charge in [0, 0.05) is 48.6 Å². The van der Waals surface area contributed by atoms with Crippen molar-refractivity contribution in [3.63, 3.8) is 0 Å². The molecule has 1 aliphatic heterocycles. The largest absolute Gasteiger partial charge is 0.390 e. The van der Waals surface area contributed by atoms with Crippen molar-refractivity contribution in [2.45, 2.75) is 83.0 Å². The van der Waals surface area contributed by atoms with Crippen molar-refractivity contribution in [3.8, 4) is 0 Å². The second-order valence-corrected chi connectivity index (χ2v) is 12.5. The van der Waals surface area contributed by atoms with E-state index >= 15 is 0 Å². The molecule has 2 aliphatic rings. The molecule has 6 nitrogen and oxygen atoms in total. The van der Waals surface area contributed by atoms with Gasteiger partial charge in [-0.05, 0) is 74.7 Å². The molecule has 0 radical (unpaired) electrons. The van der Waals surface area contributed by atoms with Crippen molar-refractivity contribution in [1.29, 1.82) is 0 Å². The molecule has 0 bridgehead atoms. The number of carbonyl (C=O) groups is 1. The van der Waals surface area contributed by atoms with Crippen LogP contribution in [0.1, 0.15) is 67.4 Å². The summed E-state index contributed by atoms with van der Waals surface area (Å²) in [7, 11) is 2.08. The maximum absolute atomic E-state index is 13.8.